The maximum atomic E-state index is 11.9. The van der Waals surface area contributed by atoms with Crippen molar-refractivity contribution in [2.45, 2.75) is 6.54 Å². The molecule has 0 aliphatic carbocycles. The van der Waals surface area contributed by atoms with E-state index in [1.54, 1.807) is 11.3 Å². The molecule has 3 aromatic rings. The van der Waals surface area contributed by atoms with Crippen LogP contribution in [0.25, 0.3) is 10.6 Å². The number of thiophene rings is 1. The first kappa shape index (κ1) is 16.9. The third kappa shape index (κ3) is 4.34. The minimum Gasteiger partial charge on any atom is -0.483 e. The zero-order chi connectivity index (χ0) is 16.9. The number of rotatable bonds is 6. The fourth-order valence-electron chi connectivity index (χ4n) is 1.95. The van der Waals surface area contributed by atoms with E-state index in [1.807, 2.05) is 41.8 Å². The number of nitrogens with zero attached hydrogens (tertiary/aromatic N) is 1. The third-order valence-electron chi connectivity index (χ3n) is 3.09. The lowest BCUT2D eigenvalue weighted by Gasteiger charge is -2.08. The molecule has 1 aromatic carbocycles. The van der Waals surface area contributed by atoms with Crippen LogP contribution in [-0.4, -0.2) is 17.5 Å². The second-order valence-corrected chi connectivity index (χ2v) is 7.75. The van der Waals surface area contributed by atoms with Crippen molar-refractivity contribution in [3.8, 4) is 16.3 Å². The first-order chi connectivity index (χ1) is 11.6. The van der Waals surface area contributed by atoms with Gasteiger partial charge in [0, 0.05) is 10.3 Å². The number of nitrogens with two attached hydrogens (primary N) is 1. The summed E-state index contributed by atoms with van der Waals surface area (Å²) in [6.07, 6.45) is 0. The van der Waals surface area contributed by atoms with Gasteiger partial charge in [-0.3, -0.25) is 4.79 Å². The van der Waals surface area contributed by atoms with Crippen molar-refractivity contribution in [2.24, 2.45) is 0 Å². The minimum absolute atomic E-state index is 0.0243. The van der Waals surface area contributed by atoms with Gasteiger partial charge < -0.3 is 15.8 Å². The molecule has 1 amide bonds. The smallest absolute Gasteiger partial charge is 0.258 e. The summed E-state index contributed by atoms with van der Waals surface area (Å²) in [7, 11) is 0. The van der Waals surface area contributed by atoms with Crippen molar-refractivity contribution >= 4 is 49.6 Å². The Morgan fingerprint density at radius 3 is 2.88 bits per heavy atom. The van der Waals surface area contributed by atoms with Crippen LogP contribution in [0.3, 0.4) is 0 Å². The van der Waals surface area contributed by atoms with Gasteiger partial charge in [0.25, 0.3) is 5.91 Å². The van der Waals surface area contributed by atoms with Crippen LogP contribution in [0.4, 0.5) is 5.13 Å². The summed E-state index contributed by atoms with van der Waals surface area (Å²) in [6, 6.07) is 11.4. The van der Waals surface area contributed by atoms with Crippen LogP contribution in [0, 0.1) is 0 Å². The summed E-state index contributed by atoms with van der Waals surface area (Å²) in [6.45, 7) is 0.436. The first-order valence-corrected chi connectivity index (χ1v) is 9.55. The zero-order valence-corrected chi connectivity index (χ0v) is 15.7. The van der Waals surface area contributed by atoms with E-state index in [4.69, 9.17) is 10.5 Å². The number of amides is 1. The van der Waals surface area contributed by atoms with Gasteiger partial charge in [0.05, 0.1) is 21.6 Å². The summed E-state index contributed by atoms with van der Waals surface area (Å²) in [5.74, 6) is 0.478. The summed E-state index contributed by atoms with van der Waals surface area (Å²) >= 11 is 6.38. The Balaban J connectivity index is 1.50. The van der Waals surface area contributed by atoms with Crippen LogP contribution in [0.2, 0.25) is 0 Å². The molecule has 0 atom stereocenters. The Kier molecular flexibility index (Phi) is 5.49. The molecule has 0 saturated carbocycles. The highest BCUT2D eigenvalue weighted by molar-refractivity contribution is 9.10. The molecule has 3 rings (SSSR count). The van der Waals surface area contributed by atoms with Gasteiger partial charge in [-0.2, -0.15) is 0 Å². The summed E-state index contributed by atoms with van der Waals surface area (Å²) in [4.78, 5) is 18.2. The molecule has 0 bridgehead atoms. The number of benzene rings is 1. The molecule has 5 nitrogen and oxygen atoms in total. The second-order valence-electron chi connectivity index (χ2n) is 4.83. The third-order valence-corrected chi connectivity index (χ3v) is 5.53. The monoisotopic (exact) mass is 423 g/mol. The Hall–Kier alpha value is -1.90. The Labute approximate surface area is 155 Å². The number of carbonyl (C=O) groups excluding carboxylic acids is 1. The molecule has 2 heterocycles. The highest BCUT2D eigenvalue weighted by Crippen LogP contribution is 2.29. The van der Waals surface area contributed by atoms with E-state index < -0.39 is 0 Å². The van der Waals surface area contributed by atoms with Gasteiger partial charge in [0.1, 0.15) is 5.75 Å². The highest BCUT2D eigenvalue weighted by Gasteiger charge is 2.08. The maximum absolute atomic E-state index is 11.9. The predicted molar refractivity (Wildman–Crippen MR) is 101 cm³/mol. The molecule has 0 fully saturated rings. The highest BCUT2D eigenvalue weighted by atomic mass is 79.9. The van der Waals surface area contributed by atoms with E-state index in [9.17, 15) is 4.79 Å². The number of aromatic nitrogens is 1. The van der Waals surface area contributed by atoms with Crippen molar-refractivity contribution in [1.29, 1.82) is 0 Å². The summed E-state index contributed by atoms with van der Waals surface area (Å²) in [5, 5.41) is 5.33. The average molecular weight is 424 g/mol. The molecule has 3 N–H and O–H groups in total. The van der Waals surface area contributed by atoms with Gasteiger partial charge in [0.2, 0.25) is 0 Å². The Bertz CT molecular complexity index is 847. The molecule has 0 spiro atoms. The molecular formula is C16H14BrN3O2S2. The number of nitrogens with one attached hydrogen (secondary N) is 1. The van der Waals surface area contributed by atoms with Crippen molar-refractivity contribution in [2.75, 3.05) is 12.3 Å². The topological polar surface area (TPSA) is 77.2 Å². The second kappa shape index (κ2) is 7.78. The number of nitrogen functional groups attached to an aromatic ring is 1. The van der Waals surface area contributed by atoms with Crippen molar-refractivity contribution in [3.05, 3.63) is 51.1 Å². The largest absolute Gasteiger partial charge is 0.483 e. The number of para-hydroxylation sites is 1. The van der Waals surface area contributed by atoms with Crippen LogP contribution in [0.1, 0.15) is 4.88 Å². The molecule has 0 radical (unpaired) electrons. The number of hydrogen-bond acceptors (Lipinski definition) is 6. The van der Waals surface area contributed by atoms with E-state index in [2.05, 4.69) is 26.2 Å². The molecular weight excluding hydrogens is 410 g/mol. The van der Waals surface area contributed by atoms with E-state index in [1.165, 1.54) is 11.3 Å². The number of hydrogen-bond donors (Lipinski definition) is 2. The molecule has 2 aromatic heterocycles. The zero-order valence-electron chi connectivity index (χ0n) is 12.5. The van der Waals surface area contributed by atoms with E-state index in [0.717, 1.165) is 19.9 Å². The summed E-state index contributed by atoms with van der Waals surface area (Å²) in [5.41, 5.74) is 6.52. The van der Waals surface area contributed by atoms with E-state index >= 15 is 0 Å². The Morgan fingerprint density at radius 2 is 2.12 bits per heavy atom. The standard InChI is InChI=1S/C16H14BrN3O2S2/c17-11-3-1-2-4-13(11)22-8-15(21)19-7-10-5-6-14(24-10)12-9-23-16(18)20-12/h1-6,9H,7-8H2,(H2,18,20)(H,19,21). The first-order valence-electron chi connectivity index (χ1n) is 7.06. The van der Waals surface area contributed by atoms with Gasteiger partial charge in [-0.25, -0.2) is 4.98 Å². The lowest BCUT2D eigenvalue weighted by Crippen LogP contribution is -2.28. The maximum Gasteiger partial charge on any atom is 0.258 e. The molecule has 124 valence electrons. The number of ether oxygens (including phenoxy) is 1. The average Bonchev–Trinajstić information content (AvgIpc) is 3.21. The lowest BCUT2D eigenvalue weighted by molar-refractivity contribution is -0.123. The van der Waals surface area contributed by atoms with Crippen molar-refractivity contribution < 1.29 is 9.53 Å². The fraction of sp³-hybridized carbons (Fsp3) is 0.125. The van der Waals surface area contributed by atoms with Crippen LogP contribution < -0.4 is 15.8 Å². The van der Waals surface area contributed by atoms with Crippen molar-refractivity contribution in [3.63, 3.8) is 0 Å². The van der Waals surface area contributed by atoms with Gasteiger partial charge in [-0.05, 0) is 40.2 Å². The molecule has 8 heteroatoms. The quantitative estimate of drug-likeness (QED) is 0.629. The van der Waals surface area contributed by atoms with E-state index in [-0.39, 0.29) is 12.5 Å². The molecule has 0 aliphatic rings. The van der Waals surface area contributed by atoms with Crippen LogP contribution >= 0.6 is 38.6 Å². The number of carbonyl (C=O) groups is 1. The van der Waals surface area contributed by atoms with Crippen LogP contribution in [-0.2, 0) is 11.3 Å². The van der Waals surface area contributed by atoms with Crippen molar-refractivity contribution in [1.82, 2.24) is 10.3 Å². The van der Waals surface area contributed by atoms with E-state index in [0.29, 0.717) is 17.4 Å². The molecule has 0 unspecified atom stereocenters. The van der Waals surface area contributed by atoms with Crippen LogP contribution in [0.5, 0.6) is 5.75 Å². The summed E-state index contributed by atoms with van der Waals surface area (Å²) < 4.78 is 6.31. The number of halogens is 1. The number of thiazole rings is 1. The van der Waals surface area contributed by atoms with Gasteiger partial charge in [-0.1, -0.05) is 12.1 Å². The minimum atomic E-state index is -0.168. The lowest BCUT2D eigenvalue weighted by atomic mass is 10.3. The molecule has 0 saturated heterocycles. The van der Waals surface area contributed by atoms with Gasteiger partial charge in [-0.15, -0.1) is 22.7 Å². The molecule has 24 heavy (non-hydrogen) atoms. The fourth-order valence-corrected chi connectivity index (χ4v) is 3.90. The van der Waals surface area contributed by atoms with Crippen LogP contribution in [0.15, 0.2) is 46.3 Å². The molecule has 0 aliphatic heterocycles. The number of anilines is 1. The predicted octanol–water partition coefficient (Wildman–Crippen LogP) is 3.91. The normalized spacial score (nSPS) is 10.5. The Morgan fingerprint density at radius 1 is 1.29 bits per heavy atom. The van der Waals surface area contributed by atoms with Gasteiger partial charge in [0.15, 0.2) is 11.7 Å². The van der Waals surface area contributed by atoms with Gasteiger partial charge >= 0.3 is 0 Å². The SMILES string of the molecule is Nc1nc(-c2ccc(CNC(=O)COc3ccccc3Br)s2)cs1.